The molecule has 126 valence electrons. The zero-order chi connectivity index (χ0) is 17.5. The summed E-state index contributed by atoms with van der Waals surface area (Å²) in [5.74, 6) is -0.659. The van der Waals surface area contributed by atoms with E-state index in [0.717, 1.165) is 5.56 Å². The summed E-state index contributed by atoms with van der Waals surface area (Å²) in [4.78, 5) is 30.5. The highest BCUT2D eigenvalue weighted by Gasteiger charge is 2.18. The van der Waals surface area contributed by atoms with Gasteiger partial charge in [0.1, 0.15) is 0 Å². The lowest BCUT2D eigenvalue weighted by Crippen LogP contribution is -2.28. The van der Waals surface area contributed by atoms with E-state index in [1.807, 2.05) is 12.1 Å². The van der Waals surface area contributed by atoms with Crippen molar-refractivity contribution < 1.29 is 24.2 Å². The fourth-order valence-corrected chi connectivity index (χ4v) is 2.10. The van der Waals surface area contributed by atoms with Crippen molar-refractivity contribution in [2.45, 2.75) is 6.42 Å². The number of amides is 1. The van der Waals surface area contributed by atoms with E-state index in [0.29, 0.717) is 24.5 Å². The van der Waals surface area contributed by atoms with Gasteiger partial charge in [0, 0.05) is 18.9 Å². The second kappa shape index (κ2) is 7.91. The lowest BCUT2D eigenvalue weighted by Gasteiger charge is -2.10. The van der Waals surface area contributed by atoms with Gasteiger partial charge < -0.3 is 19.9 Å². The van der Waals surface area contributed by atoms with Crippen molar-refractivity contribution in [3.63, 3.8) is 0 Å². The van der Waals surface area contributed by atoms with Crippen molar-refractivity contribution in [3.05, 3.63) is 47.5 Å². The molecule has 0 radical (unpaired) electrons. The van der Waals surface area contributed by atoms with Gasteiger partial charge in [-0.25, -0.2) is 14.8 Å². The molecule has 24 heavy (non-hydrogen) atoms. The van der Waals surface area contributed by atoms with E-state index >= 15 is 0 Å². The van der Waals surface area contributed by atoms with Gasteiger partial charge >= 0.3 is 5.97 Å². The Morgan fingerprint density at radius 1 is 1.08 bits per heavy atom. The number of hydrogen-bond donors (Lipinski definition) is 2. The zero-order valence-corrected chi connectivity index (χ0v) is 13.3. The van der Waals surface area contributed by atoms with E-state index < -0.39 is 11.9 Å². The summed E-state index contributed by atoms with van der Waals surface area (Å²) < 4.78 is 10.4. The first-order chi connectivity index (χ1) is 11.6. The average molecular weight is 331 g/mol. The quantitative estimate of drug-likeness (QED) is 0.783. The van der Waals surface area contributed by atoms with Gasteiger partial charge in [-0.15, -0.1) is 0 Å². The molecule has 2 rings (SSSR count). The van der Waals surface area contributed by atoms with Crippen LogP contribution >= 0.6 is 0 Å². The molecule has 0 saturated heterocycles. The van der Waals surface area contributed by atoms with Crippen LogP contribution in [0.25, 0.3) is 0 Å². The maximum absolute atomic E-state index is 12.1. The SMILES string of the molecule is COc1ccc(CCNC(=O)c2nccnc2C(=O)O)cc1OC. The number of methoxy groups -OCH3 is 2. The molecule has 1 aromatic carbocycles. The number of nitrogens with one attached hydrogen (secondary N) is 1. The van der Waals surface area contributed by atoms with Crippen LogP contribution in [0.2, 0.25) is 0 Å². The summed E-state index contributed by atoms with van der Waals surface area (Å²) in [5.41, 5.74) is 0.351. The van der Waals surface area contributed by atoms with E-state index in [-0.39, 0.29) is 11.4 Å². The molecule has 0 aliphatic heterocycles. The highest BCUT2D eigenvalue weighted by Crippen LogP contribution is 2.27. The Kier molecular flexibility index (Phi) is 5.67. The molecule has 0 bridgehead atoms. The Morgan fingerprint density at radius 3 is 2.38 bits per heavy atom. The predicted molar refractivity (Wildman–Crippen MR) is 84.6 cm³/mol. The highest BCUT2D eigenvalue weighted by atomic mass is 16.5. The van der Waals surface area contributed by atoms with E-state index in [2.05, 4.69) is 15.3 Å². The maximum Gasteiger partial charge on any atom is 0.356 e. The topological polar surface area (TPSA) is 111 Å². The van der Waals surface area contributed by atoms with Gasteiger partial charge in [-0.3, -0.25) is 4.79 Å². The summed E-state index contributed by atoms with van der Waals surface area (Å²) in [5, 5.41) is 11.6. The van der Waals surface area contributed by atoms with Crippen LogP contribution in [0, 0.1) is 0 Å². The zero-order valence-electron chi connectivity index (χ0n) is 13.3. The Hall–Kier alpha value is -3.16. The third-order valence-electron chi connectivity index (χ3n) is 3.26. The molecule has 2 N–H and O–H groups in total. The number of hydrogen-bond acceptors (Lipinski definition) is 6. The molecule has 0 spiro atoms. The van der Waals surface area contributed by atoms with E-state index in [1.54, 1.807) is 20.3 Å². The number of aromatic carboxylic acids is 1. The van der Waals surface area contributed by atoms with Crippen molar-refractivity contribution >= 4 is 11.9 Å². The molecular formula is C16H17N3O5. The molecule has 8 nitrogen and oxygen atoms in total. The Morgan fingerprint density at radius 2 is 1.75 bits per heavy atom. The van der Waals surface area contributed by atoms with Gasteiger partial charge in [-0.05, 0) is 24.1 Å². The summed E-state index contributed by atoms with van der Waals surface area (Å²) in [6.45, 7) is 0.309. The van der Waals surface area contributed by atoms with Crippen LogP contribution in [0.4, 0.5) is 0 Å². The van der Waals surface area contributed by atoms with Gasteiger partial charge in [0.05, 0.1) is 14.2 Å². The Bertz CT molecular complexity index is 748. The second-order valence-corrected chi connectivity index (χ2v) is 4.75. The Balaban J connectivity index is 2.00. The van der Waals surface area contributed by atoms with Crippen molar-refractivity contribution in [1.29, 1.82) is 0 Å². The lowest BCUT2D eigenvalue weighted by molar-refractivity contribution is 0.0683. The number of carbonyl (C=O) groups is 2. The summed E-state index contributed by atoms with van der Waals surface area (Å²) >= 11 is 0. The minimum absolute atomic E-state index is 0.211. The smallest absolute Gasteiger partial charge is 0.356 e. The van der Waals surface area contributed by atoms with E-state index in [4.69, 9.17) is 14.6 Å². The number of benzene rings is 1. The fraction of sp³-hybridized carbons (Fsp3) is 0.250. The summed E-state index contributed by atoms with van der Waals surface area (Å²) in [6.07, 6.45) is 3.04. The molecule has 1 aromatic heterocycles. The van der Waals surface area contributed by atoms with Crippen LogP contribution in [-0.4, -0.2) is 47.7 Å². The molecule has 1 heterocycles. The first kappa shape index (κ1) is 17.2. The third kappa shape index (κ3) is 3.97. The fourth-order valence-electron chi connectivity index (χ4n) is 2.10. The molecule has 0 atom stereocenters. The number of ether oxygens (including phenoxy) is 2. The number of rotatable bonds is 7. The normalized spacial score (nSPS) is 10.1. The van der Waals surface area contributed by atoms with Gasteiger partial charge in [-0.1, -0.05) is 6.07 Å². The van der Waals surface area contributed by atoms with Crippen LogP contribution in [0.1, 0.15) is 26.5 Å². The number of carboxylic acids is 1. The third-order valence-corrected chi connectivity index (χ3v) is 3.26. The molecule has 8 heteroatoms. The number of carboxylic acid groups (broad SMARTS) is 1. The van der Waals surface area contributed by atoms with Gasteiger partial charge in [-0.2, -0.15) is 0 Å². The molecule has 0 saturated carbocycles. The van der Waals surface area contributed by atoms with Crippen molar-refractivity contribution in [1.82, 2.24) is 15.3 Å². The van der Waals surface area contributed by atoms with Crippen molar-refractivity contribution in [3.8, 4) is 11.5 Å². The van der Waals surface area contributed by atoms with Crippen LogP contribution < -0.4 is 14.8 Å². The minimum atomic E-state index is -1.30. The summed E-state index contributed by atoms with van der Waals surface area (Å²) in [6, 6.07) is 5.45. The van der Waals surface area contributed by atoms with E-state index in [9.17, 15) is 9.59 Å². The average Bonchev–Trinajstić information content (AvgIpc) is 2.61. The van der Waals surface area contributed by atoms with Crippen LogP contribution in [0.5, 0.6) is 11.5 Å². The monoisotopic (exact) mass is 331 g/mol. The molecule has 0 unspecified atom stereocenters. The van der Waals surface area contributed by atoms with Crippen LogP contribution in [0.3, 0.4) is 0 Å². The van der Waals surface area contributed by atoms with Gasteiger partial charge in [0.25, 0.3) is 5.91 Å². The van der Waals surface area contributed by atoms with Crippen LogP contribution in [-0.2, 0) is 6.42 Å². The molecule has 2 aromatic rings. The summed E-state index contributed by atoms with van der Waals surface area (Å²) in [7, 11) is 3.10. The number of carbonyl (C=O) groups excluding carboxylic acids is 1. The highest BCUT2D eigenvalue weighted by molar-refractivity contribution is 6.01. The van der Waals surface area contributed by atoms with E-state index in [1.165, 1.54) is 12.4 Å². The van der Waals surface area contributed by atoms with Crippen LogP contribution in [0.15, 0.2) is 30.6 Å². The minimum Gasteiger partial charge on any atom is -0.493 e. The molecule has 1 amide bonds. The molecule has 0 aliphatic rings. The molecule has 0 aliphatic carbocycles. The first-order valence-corrected chi connectivity index (χ1v) is 7.10. The van der Waals surface area contributed by atoms with Gasteiger partial charge in [0.2, 0.25) is 0 Å². The standard InChI is InChI=1S/C16H17N3O5/c1-23-11-4-3-10(9-12(11)24-2)5-6-19-15(20)13-14(16(21)22)18-8-7-17-13/h3-4,7-9H,5-6H2,1-2H3,(H,19,20)(H,21,22). The first-order valence-electron chi connectivity index (χ1n) is 7.10. The second-order valence-electron chi connectivity index (χ2n) is 4.75. The maximum atomic E-state index is 12.1. The van der Waals surface area contributed by atoms with Gasteiger partial charge in [0.15, 0.2) is 22.9 Å². The lowest BCUT2D eigenvalue weighted by atomic mass is 10.1. The largest absolute Gasteiger partial charge is 0.493 e. The number of aromatic nitrogens is 2. The number of nitrogens with zero attached hydrogens (tertiary/aromatic N) is 2. The van der Waals surface area contributed by atoms with Crippen molar-refractivity contribution in [2.75, 3.05) is 20.8 Å². The Labute approximate surface area is 138 Å². The molecular weight excluding hydrogens is 314 g/mol. The van der Waals surface area contributed by atoms with Crippen molar-refractivity contribution in [2.24, 2.45) is 0 Å². The predicted octanol–water partition coefficient (Wildman–Crippen LogP) is 1.16. The molecule has 0 fully saturated rings.